The van der Waals surface area contributed by atoms with Crippen molar-refractivity contribution in [3.63, 3.8) is 0 Å². The van der Waals surface area contributed by atoms with Crippen LogP contribution in [0.4, 0.5) is 19.6 Å². The predicted molar refractivity (Wildman–Crippen MR) is 88.9 cm³/mol. The summed E-state index contributed by atoms with van der Waals surface area (Å²) < 4.78 is 28.7. The van der Waals surface area contributed by atoms with Gasteiger partial charge in [0.1, 0.15) is 5.75 Å². The molecule has 1 aliphatic carbocycles. The monoisotopic (exact) mass is 367 g/mol. The van der Waals surface area contributed by atoms with Crippen LogP contribution in [-0.4, -0.2) is 23.4 Å². The highest BCUT2D eigenvalue weighted by Crippen LogP contribution is 2.30. The number of ether oxygens (including phenoxy) is 1. The number of hydrogen-bond donors (Lipinski definition) is 2. The van der Waals surface area contributed by atoms with Gasteiger partial charge in [-0.25, -0.2) is 4.98 Å². The third-order valence-corrected chi connectivity index (χ3v) is 4.22. The molecule has 2 N–H and O–H groups in total. The van der Waals surface area contributed by atoms with Gasteiger partial charge in [0.15, 0.2) is 5.13 Å². The van der Waals surface area contributed by atoms with E-state index in [-0.39, 0.29) is 29.9 Å². The van der Waals surface area contributed by atoms with Crippen molar-refractivity contribution in [3.8, 4) is 5.75 Å². The number of halogens is 2. The van der Waals surface area contributed by atoms with Gasteiger partial charge < -0.3 is 15.4 Å². The number of thiazole rings is 1. The lowest BCUT2D eigenvalue weighted by Crippen LogP contribution is -2.15. The van der Waals surface area contributed by atoms with E-state index in [0.717, 1.165) is 12.8 Å². The zero-order chi connectivity index (χ0) is 17.8. The molecule has 1 aromatic heterocycles. The van der Waals surface area contributed by atoms with Gasteiger partial charge in [-0.1, -0.05) is 6.07 Å². The first kappa shape index (κ1) is 17.3. The third kappa shape index (κ3) is 5.21. The lowest BCUT2D eigenvalue weighted by atomic mass is 10.2. The van der Waals surface area contributed by atoms with Crippen LogP contribution in [0.1, 0.15) is 18.5 Å². The van der Waals surface area contributed by atoms with E-state index in [1.54, 1.807) is 11.4 Å². The van der Waals surface area contributed by atoms with E-state index in [1.807, 2.05) is 0 Å². The minimum Gasteiger partial charge on any atom is -0.435 e. The predicted octanol–water partition coefficient (Wildman–Crippen LogP) is 3.27. The van der Waals surface area contributed by atoms with Crippen LogP contribution in [0.15, 0.2) is 29.6 Å². The maximum Gasteiger partial charge on any atom is 0.387 e. The van der Waals surface area contributed by atoms with Gasteiger partial charge in [0.25, 0.3) is 0 Å². The van der Waals surface area contributed by atoms with E-state index in [1.165, 1.54) is 29.5 Å². The van der Waals surface area contributed by atoms with Gasteiger partial charge in [-0.05, 0) is 25.0 Å². The Bertz CT molecular complexity index is 777. The highest BCUT2D eigenvalue weighted by atomic mass is 32.1. The average molecular weight is 367 g/mol. The summed E-state index contributed by atoms with van der Waals surface area (Å²) >= 11 is 1.25. The van der Waals surface area contributed by atoms with Gasteiger partial charge in [-0.3, -0.25) is 9.59 Å². The van der Waals surface area contributed by atoms with E-state index in [2.05, 4.69) is 20.4 Å². The fraction of sp³-hybridized carbons (Fsp3) is 0.312. The molecule has 0 spiro atoms. The first-order valence-electron chi connectivity index (χ1n) is 7.59. The standard InChI is InChI=1S/C16H15F2N3O3S/c17-15(18)24-12-3-1-2-10(6-12)19-13(22)7-11-8-25-16(20-11)21-14(23)9-4-5-9/h1-3,6,8-9,15H,4-5,7H2,(H,19,22)(H,20,21,23). The smallest absolute Gasteiger partial charge is 0.387 e. The fourth-order valence-corrected chi connectivity index (χ4v) is 2.83. The number of carbonyl (C=O) groups is 2. The van der Waals surface area contributed by atoms with Crippen LogP contribution >= 0.6 is 11.3 Å². The summed E-state index contributed by atoms with van der Waals surface area (Å²) in [6.07, 6.45) is 1.82. The molecule has 1 aromatic carbocycles. The number of amides is 2. The number of rotatable bonds is 7. The first-order chi connectivity index (χ1) is 12.0. The van der Waals surface area contributed by atoms with Gasteiger partial charge >= 0.3 is 6.61 Å². The van der Waals surface area contributed by atoms with Crippen molar-refractivity contribution in [2.24, 2.45) is 5.92 Å². The molecule has 2 aromatic rings. The number of anilines is 2. The molecule has 0 atom stereocenters. The number of alkyl halides is 2. The summed E-state index contributed by atoms with van der Waals surface area (Å²) in [5.41, 5.74) is 0.870. The van der Waals surface area contributed by atoms with E-state index < -0.39 is 6.61 Å². The number of nitrogens with one attached hydrogen (secondary N) is 2. The number of hydrogen-bond acceptors (Lipinski definition) is 5. The van der Waals surface area contributed by atoms with E-state index in [0.29, 0.717) is 16.5 Å². The van der Waals surface area contributed by atoms with Crippen molar-refractivity contribution in [1.82, 2.24) is 4.98 Å². The summed E-state index contributed by atoms with van der Waals surface area (Å²) in [5, 5.41) is 7.48. The van der Waals surface area contributed by atoms with Crippen molar-refractivity contribution in [3.05, 3.63) is 35.3 Å². The Labute approximate surface area is 146 Å². The number of benzene rings is 1. The minimum atomic E-state index is -2.93. The minimum absolute atomic E-state index is 0.00965. The van der Waals surface area contributed by atoms with Crippen molar-refractivity contribution in [1.29, 1.82) is 0 Å². The Kier molecular flexibility index (Phi) is 5.22. The van der Waals surface area contributed by atoms with Gasteiger partial charge in [0.2, 0.25) is 11.8 Å². The van der Waals surface area contributed by atoms with Gasteiger partial charge in [-0.15, -0.1) is 11.3 Å². The molecule has 3 rings (SSSR count). The van der Waals surface area contributed by atoms with E-state index in [9.17, 15) is 18.4 Å². The Morgan fingerprint density at radius 1 is 1.32 bits per heavy atom. The maximum atomic E-state index is 12.2. The fourth-order valence-electron chi connectivity index (χ4n) is 2.12. The Balaban J connectivity index is 1.54. The third-order valence-electron chi connectivity index (χ3n) is 3.41. The van der Waals surface area contributed by atoms with Crippen molar-refractivity contribution >= 4 is 34.0 Å². The highest BCUT2D eigenvalue weighted by molar-refractivity contribution is 7.13. The molecule has 1 aliphatic rings. The zero-order valence-electron chi connectivity index (χ0n) is 13.0. The normalized spacial score (nSPS) is 13.6. The zero-order valence-corrected chi connectivity index (χ0v) is 13.8. The van der Waals surface area contributed by atoms with Crippen LogP contribution in [0, 0.1) is 5.92 Å². The molecule has 132 valence electrons. The molecule has 25 heavy (non-hydrogen) atoms. The molecular formula is C16H15F2N3O3S. The van der Waals surface area contributed by atoms with Gasteiger partial charge in [-0.2, -0.15) is 8.78 Å². The van der Waals surface area contributed by atoms with Gasteiger partial charge in [0, 0.05) is 23.1 Å². The average Bonchev–Trinajstić information content (AvgIpc) is 3.30. The van der Waals surface area contributed by atoms with Crippen LogP contribution < -0.4 is 15.4 Å². The lowest BCUT2D eigenvalue weighted by molar-refractivity contribution is -0.117. The first-order valence-corrected chi connectivity index (χ1v) is 8.47. The molecule has 0 unspecified atom stereocenters. The summed E-state index contributed by atoms with van der Waals surface area (Å²) in [4.78, 5) is 27.9. The van der Waals surface area contributed by atoms with Crippen molar-refractivity contribution in [2.45, 2.75) is 25.9 Å². The number of carbonyl (C=O) groups excluding carboxylic acids is 2. The van der Waals surface area contributed by atoms with Crippen LogP contribution in [0.5, 0.6) is 5.75 Å². The second kappa shape index (κ2) is 7.56. The highest BCUT2D eigenvalue weighted by Gasteiger charge is 2.30. The maximum absolute atomic E-state index is 12.2. The van der Waals surface area contributed by atoms with Crippen molar-refractivity contribution in [2.75, 3.05) is 10.6 Å². The Hall–Kier alpha value is -2.55. The van der Waals surface area contributed by atoms with E-state index in [4.69, 9.17) is 0 Å². The second-order valence-corrected chi connectivity index (χ2v) is 6.40. The van der Waals surface area contributed by atoms with Crippen molar-refractivity contribution < 1.29 is 23.1 Å². The van der Waals surface area contributed by atoms with Gasteiger partial charge in [0.05, 0.1) is 12.1 Å². The lowest BCUT2D eigenvalue weighted by Gasteiger charge is -2.07. The van der Waals surface area contributed by atoms with Crippen LogP contribution in [0.25, 0.3) is 0 Å². The molecular weight excluding hydrogens is 352 g/mol. The molecule has 0 radical (unpaired) electrons. The topological polar surface area (TPSA) is 80.3 Å². The summed E-state index contributed by atoms with van der Waals surface area (Å²) in [5.74, 6) is -0.342. The summed E-state index contributed by atoms with van der Waals surface area (Å²) in [7, 11) is 0. The Morgan fingerprint density at radius 3 is 2.84 bits per heavy atom. The van der Waals surface area contributed by atoms with Crippen LogP contribution in [0.2, 0.25) is 0 Å². The SMILES string of the molecule is O=C(Cc1csc(NC(=O)C2CC2)n1)Nc1cccc(OC(F)F)c1. The molecule has 0 saturated heterocycles. The Morgan fingerprint density at radius 2 is 2.12 bits per heavy atom. The van der Waals surface area contributed by atoms with Crippen LogP contribution in [0.3, 0.4) is 0 Å². The second-order valence-electron chi connectivity index (χ2n) is 5.54. The molecule has 0 bridgehead atoms. The summed E-state index contributed by atoms with van der Waals surface area (Å²) in [6.45, 7) is -2.93. The molecule has 1 heterocycles. The van der Waals surface area contributed by atoms with Crippen LogP contribution in [-0.2, 0) is 16.0 Å². The quantitative estimate of drug-likeness (QED) is 0.787. The van der Waals surface area contributed by atoms with E-state index >= 15 is 0 Å². The molecule has 9 heteroatoms. The molecule has 1 saturated carbocycles. The summed E-state index contributed by atoms with van der Waals surface area (Å²) in [6, 6.07) is 5.75. The number of nitrogens with zero attached hydrogens (tertiary/aromatic N) is 1. The molecule has 1 fully saturated rings. The molecule has 2 amide bonds. The molecule has 6 nitrogen and oxygen atoms in total. The largest absolute Gasteiger partial charge is 0.435 e. The molecule has 0 aliphatic heterocycles. The number of aromatic nitrogens is 1.